The van der Waals surface area contributed by atoms with Crippen molar-refractivity contribution in [1.29, 1.82) is 0 Å². The van der Waals surface area contributed by atoms with Gasteiger partial charge < -0.3 is 9.13 Å². The van der Waals surface area contributed by atoms with E-state index in [1.54, 1.807) is 0 Å². The second-order valence-corrected chi connectivity index (χ2v) is 16.2. The highest BCUT2D eigenvalue weighted by Crippen LogP contribution is 2.40. The molecule has 5 aromatic heterocycles. The maximum Gasteiger partial charge on any atom is 0.240 e. The monoisotopic (exact) mass is 820 g/mol. The van der Waals surface area contributed by atoms with Gasteiger partial charge >= 0.3 is 0 Å². The van der Waals surface area contributed by atoms with Crippen molar-refractivity contribution in [1.82, 2.24) is 33.2 Å². The van der Waals surface area contributed by atoms with E-state index in [0.29, 0.717) is 23.1 Å². The average Bonchev–Trinajstić information content (AvgIpc) is 4.11. The molecule has 0 atom stereocenters. The molecular formula is C57H35N7. The lowest BCUT2D eigenvalue weighted by atomic mass is 10.1. The van der Waals surface area contributed by atoms with E-state index in [4.69, 9.17) is 15.0 Å². The standard InChI is InChI=1S/C57H35N7/c1-9-25-46-37(17-1)38-18-2-10-26-47(38)61(46)36-33-34-54(62-48-27-11-3-19-39(48)40-20-4-12-28-49(40)62)45(35-36)55-58-56(63-50-29-13-5-21-41(50)42-22-6-14-30-51(42)63)60-57(59-55)64-52-31-15-7-23-43(52)44-24-8-16-32-53(44)64/h1-35H/i33D,34D,35D. The van der Waals surface area contributed by atoms with Gasteiger partial charge in [0.2, 0.25) is 11.9 Å². The van der Waals surface area contributed by atoms with Gasteiger partial charge in [0, 0.05) is 54.3 Å². The molecule has 7 nitrogen and oxygen atoms in total. The maximum absolute atomic E-state index is 10.7. The summed E-state index contributed by atoms with van der Waals surface area (Å²) in [5.74, 6) is 0.902. The molecule has 0 spiro atoms. The molecule has 9 aromatic carbocycles. The smallest absolute Gasteiger partial charge is 0.240 e. The van der Waals surface area contributed by atoms with Crippen LogP contribution in [0.15, 0.2) is 212 Å². The number of benzene rings is 9. The molecule has 0 amide bonds. The summed E-state index contributed by atoms with van der Waals surface area (Å²) < 4.78 is 39.2. The van der Waals surface area contributed by atoms with Crippen LogP contribution in [0.3, 0.4) is 0 Å². The second-order valence-electron chi connectivity index (χ2n) is 16.2. The number of hydrogen-bond donors (Lipinski definition) is 0. The third-order valence-corrected chi connectivity index (χ3v) is 12.8. The Bertz CT molecular complexity index is 4060. The minimum Gasteiger partial charge on any atom is -0.309 e. The van der Waals surface area contributed by atoms with E-state index in [9.17, 15) is 4.11 Å². The zero-order valence-corrected chi connectivity index (χ0v) is 34.1. The third kappa shape index (κ3) is 4.89. The number of fused-ring (bicyclic) bond motifs is 12. The van der Waals surface area contributed by atoms with Gasteiger partial charge in [-0.05, 0) is 66.7 Å². The first kappa shape index (κ1) is 32.0. The number of para-hydroxylation sites is 8. The molecule has 0 saturated heterocycles. The first-order valence-electron chi connectivity index (χ1n) is 22.9. The lowest BCUT2D eigenvalue weighted by Crippen LogP contribution is -2.11. The highest BCUT2D eigenvalue weighted by molar-refractivity contribution is 6.12. The van der Waals surface area contributed by atoms with Crippen LogP contribution >= 0.6 is 0 Å². The molecule has 0 fully saturated rings. The van der Waals surface area contributed by atoms with E-state index in [-0.39, 0.29) is 29.6 Å². The molecule has 14 aromatic rings. The fraction of sp³-hybridized carbons (Fsp3) is 0. The zero-order valence-electron chi connectivity index (χ0n) is 37.1. The third-order valence-electron chi connectivity index (χ3n) is 12.8. The SMILES string of the molecule is [2H]c1c([2H])c(-n2c3ccccc3c3ccccc32)c(-c2nc(-n3c4ccccc4c4ccccc43)nc(-n3c4ccccc4c4ccccc43)n2)c([2H])c1-n1c2ccccc2c2ccccc21. The maximum atomic E-state index is 10.7. The summed E-state index contributed by atoms with van der Waals surface area (Å²) >= 11 is 0. The number of hydrogen-bond acceptors (Lipinski definition) is 3. The molecule has 7 heteroatoms. The summed E-state index contributed by atoms with van der Waals surface area (Å²) in [7, 11) is 0. The first-order chi connectivity index (χ1) is 33.0. The highest BCUT2D eigenvalue weighted by atomic mass is 15.3. The van der Waals surface area contributed by atoms with Gasteiger partial charge in [-0.2, -0.15) is 15.0 Å². The quantitative estimate of drug-likeness (QED) is 0.174. The van der Waals surface area contributed by atoms with Crippen molar-refractivity contribution < 1.29 is 4.11 Å². The van der Waals surface area contributed by atoms with Gasteiger partial charge in [0.1, 0.15) is 0 Å². The van der Waals surface area contributed by atoms with Gasteiger partial charge in [-0.25, -0.2) is 0 Å². The molecule has 0 bridgehead atoms. The Morgan fingerprint density at radius 2 is 0.578 bits per heavy atom. The Labute approximate surface area is 370 Å². The molecule has 14 rings (SSSR count). The Morgan fingerprint density at radius 3 is 0.906 bits per heavy atom. The predicted octanol–water partition coefficient (Wildman–Crippen LogP) is 13.9. The topological polar surface area (TPSA) is 58.4 Å². The summed E-state index contributed by atoms with van der Waals surface area (Å²) in [5.41, 5.74) is 7.88. The zero-order chi connectivity index (χ0) is 44.5. The molecule has 0 aliphatic rings. The van der Waals surface area contributed by atoms with Crippen molar-refractivity contribution in [3.8, 4) is 34.7 Å². The van der Waals surface area contributed by atoms with Crippen LogP contribution in [0.5, 0.6) is 0 Å². The summed E-state index contributed by atoms with van der Waals surface area (Å²) in [4.78, 5) is 16.3. The minimum absolute atomic E-state index is 0.0110. The summed E-state index contributed by atoms with van der Waals surface area (Å²) in [5, 5.41) is 8.13. The van der Waals surface area contributed by atoms with Crippen molar-refractivity contribution in [2.45, 2.75) is 0 Å². The lowest BCUT2D eigenvalue weighted by molar-refractivity contribution is 0.891. The van der Waals surface area contributed by atoms with Gasteiger partial charge in [-0.15, -0.1) is 0 Å². The first-order valence-corrected chi connectivity index (χ1v) is 21.4. The minimum atomic E-state index is -0.0867. The largest absolute Gasteiger partial charge is 0.309 e. The van der Waals surface area contributed by atoms with Crippen molar-refractivity contribution in [2.24, 2.45) is 0 Å². The molecule has 5 heterocycles. The van der Waals surface area contributed by atoms with Crippen molar-refractivity contribution >= 4 is 87.2 Å². The van der Waals surface area contributed by atoms with Crippen molar-refractivity contribution in [2.75, 3.05) is 0 Å². The summed E-state index contributed by atoms with van der Waals surface area (Å²) in [6.45, 7) is 0. The van der Waals surface area contributed by atoms with Crippen molar-refractivity contribution in [3.05, 3.63) is 212 Å². The summed E-state index contributed by atoms with van der Waals surface area (Å²) in [6.07, 6.45) is 0. The van der Waals surface area contributed by atoms with Crippen LogP contribution in [0.1, 0.15) is 4.11 Å². The molecule has 0 aliphatic heterocycles. The molecule has 0 saturated carbocycles. The molecule has 64 heavy (non-hydrogen) atoms. The van der Waals surface area contributed by atoms with Crippen LogP contribution in [0, 0.1) is 0 Å². The Balaban J connectivity index is 1.19. The van der Waals surface area contributed by atoms with E-state index in [1.165, 1.54) is 0 Å². The molecular weight excluding hydrogens is 783 g/mol. The Kier molecular flexibility index (Phi) is 6.67. The normalized spacial score (nSPS) is 12.7. The van der Waals surface area contributed by atoms with Crippen LogP contribution in [-0.2, 0) is 0 Å². The van der Waals surface area contributed by atoms with E-state index >= 15 is 0 Å². The fourth-order valence-corrected chi connectivity index (χ4v) is 10.1. The fourth-order valence-electron chi connectivity index (χ4n) is 10.1. The van der Waals surface area contributed by atoms with Gasteiger partial charge in [-0.3, -0.25) is 9.13 Å². The Morgan fingerprint density at radius 1 is 0.297 bits per heavy atom. The van der Waals surface area contributed by atoms with Crippen molar-refractivity contribution in [3.63, 3.8) is 0 Å². The van der Waals surface area contributed by atoms with Gasteiger partial charge in [0.15, 0.2) is 5.82 Å². The Hall–Kier alpha value is -8.81. The number of aromatic nitrogens is 7. The highest BCUT2D eigenvalue weighted by Gasteiger charge is 2.24. The van der Waals surface area contributed by atoms with Crippen LogP contribution < -0.4 is 0 Å². The van der Waals surface area contributed by atoms with E-state index in [0.717, 1.165) is 87.2 Å². The van der Waals surface area contributed by atoms with E-state index < -0.39 is 0 Å². The second kappa shape index (κ2) is 13.3. The van der Waals surface area contributed by atoms with Crippen LogP contribution in [0.4, 0.5) is 0 Å². The molecule has 0 unspecified atom stereocenters. The summed E-state index contributed by atoms with van der Waals surface area (Å²) in [6, 6.07) is 65.2. The number of rotatable bonds is 5. The molecule has 298 valence electrons. The predicted molar refractivity (Wildman–Crippen MR) is 263 cm³/mol. The van der Waals surface area contributed by atoms with Crippen LogP contribution in [0.2, 0.25) is 0 Å². The van der Waals surface area contributed by atoms with Crippen LogP contribution in [0.25, 0.3) is 122 Å². The lowest BCUT2D eigenvalue weighted by Gasteiger charge is -2.18. The van der Waals surface area contributed by atoms with Gasteiger partial charge in [-0.1, -0.05) is 146 Å². The van der Waals surface area contributed by atoms with Crippen LogP contribution in [-0.4, -0.2) is 33.2 Å². The molecule has 0 aliphatic carbocycles. The average molecular weight is 821 g/mol. The van der Waals surface area contributed by atoms with E-state index in [2.05, 4.69) is 81.9 Å². The number of nitrogens with zero attached hydrogens (tertiary/aromatic N) is 7. The molecule has 0 N–H and O–H groups in total. The van der Waals surface area contributed by atoms with Gasteiger partial charge in [0.25, 0.3) is 0 Å². The van der Waals surface area contributed by atoms with E-state index in [1.807, 2.05) is 130 Å². The van der Waals surface area contributed by atoms with Gasteiger partial charge in [0.05, 0.1) is 53.9 Å². The molecule has 0 radical (unpaired) electrons.